The Hall–Kier alpha value is -0.900. The third-order valence-electron chi connectivity index (χ3n) is 3.33. The Bertz CT molecular complexity index is 444. The molecule has 0 amide bonds. The van der Waals surface area contributed by atoms with Gasteiger partial charge in [-0.3, -0.25) is 4.99 Å². The molecule has 0 atom stereocenters. The first-order valence-electron chi connectivity index (χ1n) is 7.09. The Morgan fingerprint density at radius 2 is 2.19 bits per heavy atom. The van der Waals surface area contributed by atoms with Crippen LogP contribution in [0, 0.1) is 6.92 Å². The van der Waals surface area contributed by atoms with Crippen LogP contribution in [0.25, 0.3) is 0 Å². The van der Waals surface area contributed by atoms with Crippen molar-refractivity contribution in [3.05, 3.63) is 11.7 Å². The van der Waals surface area contributed by atoms with Crippen LogP contribution in [0.2, 0.25) is 0 Å². The number of rotatable bonds is 4. The summed E-state index contributed by atoms with van der Waals surface area (Å²) < 4.78 is 10.6. The number of halogens is 1. The Morgan fingerprint density at radius 1 is 1.48 bits per heavy atom. The highest BCUT2D eigenvalue weighted by atomic mass is 127. The molecule has 1 aliphatic heterocycles. The van der Waals surface area contributed by atoms with Crippen LogP contribution < -0.4 is 5.32 Å². The number of nitrogens with one attached hydrogen (secondary N) is 1. The fraction of sp³-hybridized carbons (Fsp3) is 0.769. The van der Waals surface area contributed by atoms with Gasteiger partial charge in [0.25, 0.3) is 0 Å². The Kier molecular flexibility index (Phi) is 7.94. The quantitative estimate of drug-likeness (QED) is 0.462. The number of ether oxygens (including phenoxy) is 1. The topological polar surface area (TPSA) is 75.8 Å². The molecule has 7 nitrogen and oxygen atoms in total. The fourth-order valence-electron chi connectivity index (χ4n) is 2.37. The SMILES string of the molecule is CCOC1CCN(C(=NC)NCc2noc(C)n2)CC1.I. The molecular formula is C13H24IN5O2. The van der Waals surface area contributed by atoms with Gasteiger partial charge in [-0.2, -0.15) is 4.98 Å². The van der Waals surface area contributed by atoms with Gasteiger partial charge < -0.3 is 19.5 Å². The van der Waals surface area contributed by atoms with Gasteiger partial charge in [0.15, 0.2) is 11.8 Å². The second kappa shape index (κ2) is 9.19. The lowest BCUT2D eigenvalue weighted by Gasteiger charge is -2.33. The van der Waals surface area contributed by atoms with Crippen molar-refractivity contribution in [1.29, 1.82) is 0 Å². The van der Waals surface area contributed by atoms with Gasteiger partial charge in [0, 0.05) is 33.7 Å². The molecule has 1 N–H and O–H groups in total. The summed E-state index contributed by atoms with van der Waals surface area (Å²) in [6.07, 6.45) is 2.46. The molecule has 1 aromatic heterocycles. The number of piperidine rings is 1. The molecule has 1 fully saturated rings. The Balaban J connectivity index is 0.00000220. The summed E-state index contributed by atoms with van der Waals surface area (Å²) in [5, 5.41) is 7.13. The lowest BCUT2D eigenvalue weighted by Crippen LogP contribution is -2.46. The first-order chi connectivity index (χ1) is 9.72. The van der Waals surface area contributed by atoms with Gasteiger partial charge in [0.05, 0.1) is 12.6 Å². The molecule has 21 heavy (non-hydrogen) atoms. The molecule has 1 aliphatic rings. The molecule has 0 saturated carbocycles. The van der Waals surface area contributed by atoms with Gasteiger partial charge in [-0.25, -0.2) is 0 Å². The van der Waals surface area contributed by atoms with E-state index in [9.17, 15) is 0 Å². The normalized spacial score (nSPS) is 16.7. The van der Waals surface area contributed by atoms with Gasteiger partial charge in [-0.15, -0.1) is 24.0 Å². The molecule has 0 bridgehead atoms. The highest BCUT2D eigenvalue weighted by Gasteiger charge is 2.21. The second-order valence-electron chi connectivity index (χ2n) is 4.77. The van der Waals surface area contributed by atoms with Crippen molar-refractivity contribution in [2.75, 3.05) is 26.7 Å². The van der Waals surface area contributed by atoms with Gasteiger partial charge in [0.2, 0.25) is 5.89 Å². The van der Waals surface area contributed by atoms with Gasteiger partial charge in [-0.05, 0) is 19.8 Å². The summed E-state index contributed by atoms with van der Waals surface area (Å²) in [4.78, 5) is 10.7. The van der Waals surface area contributed by atoms with E-state index in [1.165, 1.54) is 0 Å². The minimum absolute atomic E-state index is 0. The van der Waals surface area contributed by atoms with Crippen molar-refractivity contribution >= 4 is 29.9 Å². The Morgan fingerprint density at radius 3 is 2.71 bits per heavy atom. The lowest BCUT2D eigenvalue weighted by molar-refractivity contribution is 0.0263. The molecule has 0 aromatic carbocycles. The molecule has 8 heteroatoms. The predicted molar refractivity (Wildman–Crippen MR) is 90.9 cm³/mol. The monoisotopic (exact) mass is 409 g/mol. The zero-order valence-electron chi connectivity index (χ0n) is 12.8. The van der Waals surface area contributed by atoms with Crippen LogP contribution in [-0.2, 0) is 11.3 Å². The number of aromatic nitrogens is 2. The van der Waals surface area contributed by atoms with Crippen molar-refractivity contribution < 1.29 is 9.26 Å². The lowest BCUT2D eigenvalue weighted by atomic mass is 10.1. The van der Waals surface area contributed by atoms with E-state index < -0.39 is 0 Å². The van der Waals surface area contributed by atoms with E-state index >= 15 is 0 Å². The number of nitrogens with zero attached hydrogens (tertiary/aromatic N) is 4. The zero-order chi connectivity index (χ0) is 14.4. The average molecular weight is 409 g/mol. The maximum Gasteiger partial charge on any atom is 0.223 e. The van der Waals surface area contributed by atoms with Crippen LogP contribution in [0.1, 0.15) is 31.5 Å². The summed E-state index contributed by atoms with van der Waals surface area (Å²) in [6.45, 7) is 7.04. The molecule has 0 spiro atoms. The number of hydrogen-bond donors (Lipinski definition) is 1. The first kappa shape index (κ1) is 18.1. The molecule has 120 valence electrons. The van der Waals surface area contributed by atoms with Gasteiger partial charge in [-0.1, -0.05) is 5.16 Å². The van der Waals surface area contributed by atoms with E-state index in [4.69, 9.17) is 9.26 Å². The molecular weight excluding hydrogens is 385 g/mol. The van der Waals surface area contributed by atoms with Crippen molar-refractivity contribution in [2.45, 2.75) is 39.3 Å². The zero-order valence-corrected chi connectivity index (χ0v) is 15.2. The van der Waals surface area contributed by atoms with E-state index in [0.717, 1.165) is 38.5 Å². The van der Waals surface area contributed by atoms with E-state index in [2.05, 4.69) is 25.3 Å². The standard InChI is InChI=1S/C13H23N5O2.HI/c1-4-19-11-5-7-18(8-6-11)13(14-3)15-9-12-16-10(2)20-17-12;/h11H,4-9H2,1-3H3,(H,14,15);1H. The van der Waals surface area contributed by atoms with Crippen molar-refractivity contribution in [1.82, 2.24) is 20.4 Å². The summed E-state index contributed by atoms with van der Waals surface area (Å²) in [5.74, 6) is 2.10. The molecule has 1 saturated heterocycles. The van der Waals surface area contributed by atoms with Crippen LogP contribution in [0.4, 0.5) is 0 Å². The van der Waals surface area contributed by atoms with E-state index in [-0.39, 0.29) is 24.0 Å². The maximum absolute atomic E-state index is 5.66. The number of aliphatic imine (C=N–C) groups is 1. The summed E-state index contributed by atoms with van der Waals surface area (Å²) in [7, 11) is 1.79. The van der Waals surface area contributed by atoms with Gasteiger partial charge in [0.1, 0.15) is 0 Å². The Labute approximate surface area is 142 Å². The summed E-state index contributed by atoms with van der Waals surface area (Å²) >= 11 is 0. The van der Waals surface area contributed by atoms with Crippen molar-refractivity contribution in [3.63, 3.8) is 0 Å². The van der Waals surface area contributed by atoms with Crippen molar-refractivity contribution in [3.8, 4) is 0 Å². The number of likely N-dealkylation sites (tertiary alicyclic amines) is 1. The van der Waals surface area contributed by atoms with Crippen LogP contribution >= 0.6 is 24.0 Å². The number of guanidine groups is 1. The highest BCUT2D eigenvalue weighted by molar-refractivity contribution is 14.0. The number of aryl methyl sites for hydroxylation is 1. The van der Waals surface area contributed by atoms with E-state index in [1.807, 2.05) is 6.92 Å². The number of hydrogen-bond acceptors (Lipinski definition) is 5. The predicted octanol–water partition coefficient (Wildman–Crippen LogP) is 1.57. The van der Waals surface area contributed by atoms with Crippen LogP contribution in [-0.4, -0.2) is 53.8 Å². The van der Waals surface area contributed by atoms with Crippen molar-refractivity contribution in [2.24, 2.45) is 4.99 Å². The third kappa shape index (κ3) is 5.42. The molecule has 0 unspecified atom stereocenters. The minimum Gasteiger partial charge on any atom is -0.378 e. The molecule has 2 rings (SSSR count). The van der Waals surface area contributed by atoms with Crippen LogP contribution in [0.15, 0.2) is 9.52 Å². The first-order valence-corrected chi connectivity index (χ1v) is 7.09. The van der Waals surface area contributed by atoms with E-state index in [0.29, 0.717) is 24.4 Å². The summed E-state index contributed by atoms with van der Waals surface area (Å²) in [5.41, 5.74) is 0. The van der Waals surface area contributed by atoms with Crippen LogP contribution in [0.5, 0.6) is 0 Å². The maximum atomic E-state index is 5.66. The van der Waals surface area contributed by atoms with E-state index in [1.54, 1.807) is 14.0 Å². The summed E-state index contributed by atoms with van der Waals surface area (Å²) in [6, 6.07) is 0. The highest BCUT2D eigenvalue weighted by Crippen LogP contribution is 2.13. The smallest absolute Gasteiger partial charge is 0.223 e. The van der Waals surface area contributed by atoms with Crippen LogP contribution in [0.3, 0.4) is 0 Å². The molecule has 2 heterocycles. The minimum atomic E-state index is 0. The second-order valence-corrected chi connectivity index (χ2v) is 4.77. The molecule has 1 aromatic rings. The van der Waals surface area contributed by atoms with Gasteiger partial charge >= 0.3 is 0 Å². The fourth-order valence-corrected chi connectivity index (χ4v) is 2.37. The third-order valence-corrected chi connectivity index (χ3v) is 3.33. The average Bonchev–Trinajstić information content (AvgIpc) is 2.87. The largest absolute Gasteiger partial charge is 0.378 e. The molecule has 0 aliphatic carbocycles. The molecule has 0 radical (unpaired) electrons.